The van der Waals surface area contributed by atoms with E-state index >= 15 is 0 Å². The van der Waals surface area contributed by atoms with Crippen molar-refractivity contribution in [3.8, 4) is 0 Å². The van der Waals surface area contributed by atoms with Crippen LogP contribution in [0.15, 0.2) is 0 Å². The zero-order valence-electron chi connectivity index (χ0n) is 6.92. The van der Waals surface area contributed by atoms with Crippen molar-refractivity contribution in [2.75, 3.05) is 12.1 Å². The first-order valence-electron chi connectivity index (χ1n) is 3.14. The Balaban J connectivity index is 0. The van der Waals surface area contributed by atoms with Crippen LogP contribution in [0.25, 0.3) is 0 Å². The molecule has 1 N–H and O–H groups in total. The molecule has 0 aromatic heterocycles. The van der Waals surface area contributed by atoms with E-state index in [0.717, 1.165) is 0 Å². The largest absolute Gasteiger partial charge is 0.510 e. The molecule has 0 bridgehead atoms. The standard InChI is InChI=1S/C3H4Cl2O3.C3H8O/c4-1-7-3(6)8-2-5;1-3(2)4/h1-2H2;3-4H,1-2H3. The molecule has 0 unspecified atom stereocenters. The average molecular weight is 219 g/mol. The summed E-state index contributed by atoms with van der Waals surface area (Å²) in [5.41, 5.74) is 0. The van der Waals surface area contributed by atoms with Gasteiger partial charge in [-0.2, -0.15) is 0 Å². The molecule has 4 nitrogen and oxygen atoms in total. The minimum Gasteiger partial charge on any atom is -0.418 e. The highest BCUT2D eigenvalue weighted by molar-refractivity contribution is 6.18. The number of alkyl halides is 2. The molecule has 0 heterocycles. The minimum atomic E-state index is -0.852. The van der Waals surface area contributed by atoms with Crippen LogP contribution < -0.4 is 0 Å². The Morgan fingerprint density at radius 3 is 1.75 bits per heavy atom. The highest BCUT2D eigenvalue weighted by Gasteiger charge is 1.97. The Kier molecular flexibility index (Phi) is 12.9. The molecule has 0 aliphatic carbocycles. The lowest BCUT2D eigenvalue weighted by Gasteiger charge is -1.96. The molecule has 0 saturated heterocycles. The maximum Gasteiger partial charge on any atom is 0.510 e. The molecular formula is C6H12Cl2O4. The SMILES string of the molecule is CC(C)O.O=C(OCCl)OCCl. The van der Waals surface area contributed by atoms with E-state index in [0.29, 0.717) is 0 Å². The number of hydrogen-bond donors (Lipinski definition) is 1. The fraction of sp³-hybridized carbons (Fsp3) is 0.833. The lowest BCUT2D eigenvalue weighted by Crippen LogP contribution is -2.03. The number of rotatable bonds is 2. The number of carbonyl (C=O) groups is 1. The molecule has 0 aromatic rings. The minimum absolute atomic E-state index is 0.167. The van der Waals surface area contributed by atoms with E-state index in [4.69, 9.17) is 28.3 Å². The Bertz CT molecular complexity index is 97.0. The van der Waals surface area contributed by atoms with Gasteiger partial charge in [-0.1, -0.05) is 23.2 Å². The number of ether oxygens (including phenoxy) is 2. The molecule has 6 heteroatoms. The van der Waals surface area contributed by atoms with Crippen molar-refractivity contribution in [2.45, 2.75) is 20.0 Å². The molecule has 0 fully saturated rings. The maximum absolute atomic E-state index is 10.0. The first-order chi connectivity index (χ1) is 5.54. The quantitative estimate of drug-likeness (QED) is 0.569. The van der Waals surface area contributed by atoms with Crippen LogP contribution in [-0.2, 0) is 9.47 Å². The summed E-state index contributed by atoms with van der Waals surface area (Å²) in [4.78, 5) is 10.0. The summed E-state index contributed by atoms with van der Waals surface area (Å²) in [5, 5.41) is 8.06. The van der Waals surface area contributed by atoms with Crippen molar-refractivity contribution in [3.05, 3.63) is 0 Å². The molecule has 0 aliphatic heterocycles. The van der Waals surface area contributed by atoms with Crippen LogP contribution >= 0.6 is 23.2 Å². The predicted molar refractivity (Wildman–Crippen MR) is 46.4 cm³/mol. The second kappa shape index (κ2) is 10.8. The maximum atomic E-state index is 10.0. The molecule has 0 aliphatic rings. The summed E-state index contributed by atoms with van der Waals surface area (Å²) in [6.07, 6.45) is -1.02. The van der Waals surface area contributed by atoms with Gasteiger partial charge < -0.3 is 14.6 Å². The molecule has 0 saturated carbocycles. The van der Waals surface area contributed by atoms with Gasteiger partial charge in [-0.15, -0.1) is 0 Å². The normalized spacial score (nSPS) is 8.50. The van der Waals surface area contributed by atoms with E-state index in [9.17, 15) is 4.79 Å². The molecule has 12 heavy (non-hydrogen) atoms. The van der Waals surface area contributed by atoms with Crippen LogP contribution in [0, 0.1) is 0 Å². The van der Waals surface area contributed by atoms with Gasteiger partial charge in [-0.05, 0) is 13.8 Å². The zero-order chi connectivity index (χ0) is 9.98. The van der Waals surface area contributed by atoms with Gasteiger partial charge in [0, 0.05) is 6.10 Å². The fourth-order valence-electron chi connectivity index (χ4n) is 0.131. The summed E-state index contributed by atoms with van der Waals surface area (Å²) in [5.74, 6) is 0. The Labute approximate surface area is 81.4 Å². The zero-order valence-corrected chi connectivity index (χ0v) is 8.43. The first-order valence-corrected chi connectivity index (χ1v) is 4.21. The van der Waals surface area contributed by atoms with Crippen molar-refractivity contribution >= 4 is 29.4 Å². The van der Waals surface area contributed by atoms with E-state index in [1.54, 1.807) is 13.8 Å². The number of carbonyl (C=O) groups excluding carboxylic acids is 1. The van der Waals surface area contributed by atoms with Gasteiger partial charge in [0.2, 0.25) is 0 Å². The van der Waals surface area contributed by atoms with Crippen LogP contribution in [0.1, 0.15) is 13.8 Å². The summed E-state index contributed by atoms with van der Waals surface area (Å²) in [6, 6.07) is -0.425. The third kappa shape index (κ3) is 22.6. The van der Waals surface area contributed by atoms with Crippen LogP contribution in [0.3, 0.4) is 0 Å². The highest BCUT2D eigenvalue weighted by Crippen LogP contribution is 1.87. The molecule has 0 atom stereocenters. The summed E-state index contributed by atoms with van der Waals surface area (Å²) in [7, 11) is 0. The highest BCUT2D eigenvalue weighted by atomic mass is 35.5. The molecule has 0 amide bonds. The summed E-state index contributed by atoms with van der Waals surface area (Å²) < 4.78 is 8.20. The van der Waals surface area contributed by atoms with Crippen LogP contribution in [0.4, 0.5) is 4.79 Å². The third-order valence-electron chi connectivity index (χ3n) is 0.345. The van der Waals surface area contributed by atoms with E-state index in [1.807, 2.05) is 0 Å². The van der Waals surface area contributed by atoms with Gasteiger partial charge in [0.05, 0.1) is 0 Å². The lowest BCUT2D eigenvalue weighted by molar-refractivity contribution is 0.0815. The number of halogens is 2. The van der Waals surface area contributed by atoms with Crippen LogP contribution in [0.2, 0.25) is 0 Å². The van der Waals surface area contributed by atoms with Crippen molar-refractivity contribution in [1.82, 2.24) is 0 Å². The van der Waals surface area contributed by atoms with E-state index in [1.165, 1.54) is 0 Å². The van der Waals surface area contributed by atoms with Crippen LogP contribution in [-0.4, -0.2) is 29.5 Å². The summed E-state index contributed by atoms with van der Waals surface area (Å²) >= 11 is 9.93. The monoisotopic (exact) mass is 218 g/mol. The van der Waals surface area contributed by atoms with Gasteiger partial charge >= 0.3 is 6.16 Å². The third-order valence-corrected chi connectivity index (χ3v) is 0.563. The number of aliphatic hydroxyl groups is 1. The van der Waals surface area contributed by atoms with Crippen molar-refractivity contribution in [1.29, 1.82) is 0 Å². The Morgan fingerprint density at radius 2 is 1.58 bits per heavy atom. The molecule has 0 spiro atoms. The molecule has 0 rings (SSSR count). The van der Waals surface area contributed by atoms with E-state index < -0.39 is 6.16 Å². The predicted octanol–water partition coefficient (Wildman–Crippen LogP) is 1.92. The second-order valence-electron chi connectivity index (χ2n) is 1.85. The van der Waals surface area contributed by atoms with Gasteiger partial charge in [0.1, 0.15) is 0 Å². The Hall–Kier alpha value is -0.190. The van der Waals surface area contributed by atoms with Crippen molar-refractivity contribution in [2.24, 2.45) is 0 Å². The van der Waals surface area contributed by atoms with Gasteiger partial charge in [-0.25, -0.2) is 4.79 Å². The fourth-order valence-corrected chi connectivity index (χ4v) is 0.309. The topological polar surface area (TPSA) is 55.8 Å². The molecule has 0 aromatic carbocycles. The lowest BCUT2D eigenvalue weighted by atomic mass is 10.5. The van der Waals surface area contributed by atoms with Gasteiger partial charge in [-0.3, -0.25) is 0 Å². The summed E-state index contributed by atoms with van der Waals surface area (Å²) in [6.45, 7) is 3.44. The van der Waals surface area contributed by atoms with Gasteiger partial charge in [0.15, 0.2) is 12.1 Å². The van der Waals surface area contributed by atoms with Crippen molar-refractivity contribution < 1.29 is 19.4 Å². The van der Waals surface area contributed by atoms with Gasteiger partial charge in [0.25, 0.3) is 0 Å². The number of hydrogen-bond acceptors (Lipinski definition) is 4. The molecule has 0 radical (unpaired) electrons. The second-order valence-corrected chi connectivity index (χ2v) is 2.29. The number of aliphatic hydroxyl groups excluding tert-OH is 1. The van der Waals surface area contributed by atoms with E-state index in [2.05, 4.69) is 9.47 Å². The smallest absolute Gasteiger partial charge is 0.418 e. The molecular weight excluding hydrogens is 207 g/mol. The van der Waals surface area contributed by atoms with Crippen molar-refractivity contribution in [3.63, 3.8) is 0 Å². The first kappa shape index (κ1) is 14.3. The van der Waals surface area contributed by atoms with E-state index in [-0.39, 0.29) is 18.2 Å². The van der Waals surface area contributed by atoms with Crippen LogP contribution in [0.5, 0.6) is 0 Å². The molecule has 74 valence electrons. The Morgan fingerprint density at radius 1 is 1.33 bits per heavy atom. The average Bonchev–Trinajstić information content (AvgIpc) is 1.87.